The van der Waals surface area contributed by atoms with Gasteiger partial charge in [-0.2, -0.15) is 0 Å². The van der Waals surface area contributed by atoms with Crippen molar-refractivity contribution in [3.63, 3.8) is 0 Å². The summed E-state index contributed by atoms with van der Waals surface area (Å²) in [6.07, 6.45) is 2.80. The number of halogens is 2. The third-order valence-corrected chi connectivity index (χ3v) is 4.83. The highest BCUT2D eigenvalue weighted by Gasteiger charge is 2.24. The number of aromatic carboxylic acids is 1. The molecular weight excluding hydrogens is 370 g/mol. The van der Waals surface area contributed by atoms with Crippen molar-refractivity contribution in [3.8, 4) is 5.82 Å². The van der Waals surface area contributed by atoms with E-state index >= 15 is 0 Å². The first-order chi connectivity index (χ1) is 13.3. The van der Waals surface area contributed by atoms with E-state index in [0.29, 0.717) is 19.5 Å². The number of carboxylic acid groups (broad SMARTS) is 1. The third kappa shape index (κ3) is 2.99. The van der Waals surface area contributed by atoms with E-state index in [0.717, 1.165) is 24.5 Å². The average molecular weight is 386 g/mol. The monoisotopic (exact) mass is 386 g/mol. The van der Waals surface area contributed by atoms with Crippen molar-refractivity contribution in [2.24, 2.45) is 5.73 Å². The third-order valence-electron chi connectivity index (χ3n) is 4.83. The van der Waals surface area contributed by atoms with Gasteiger partial charge in [-0.05, 0) is 30.7 Å². The zero-order valence-corrected chi connectivity index (χ0v) is 14.6. The Kier molecular flexibility index (Phi) is 4.31. The number of fused-ring (bicyclic) bond motifs is 1. The summed E-state index contributed by atoms with van der Waals surface area (Å²) in [5.74, 6) is -2.45. The normalized spacial score (nSPS) is 16.7. The number of carboxylic acids is 1. The number of pyridine rings is 2. The first-order valence-corrected chi connectivity index (χ1v) is 8.60. The average Bonchev–Trinajstić information content (AvgIpc) is 3.09. The Morgan fingerprint density at radius 3 is 2.68 bits per heavy atom. The first-order valence-electron chi connectivity index (χ1n) is 8.60. The van der Waals surface area contributed by atoms with Crippen LogP contribution in [0.15, 0.2) is 41.5 Å². The molecule has 28 heavy (non-hydrogen) atoms. The lowest BCUT2D eigenvalue weighted by Crippen LogP contribution is -2.27. The van der Waals surface area contributed by atoms with E-state index in [-0.39, 0.29) is 28.5 Å². The van der Waals surface area contributed by atoms with Gasteiger partial charge in [0.15, 0.2) is 0 Å². The van der Waals surface area contributed by atoms with E-state index in [9.17, 15) is 23.5 Å². The molecular formula is C19H16F2N4O3. The van der Waals surface area contributed by atoms with Crippen molar-refractivity contribution in [3.05, 3.63) is 64.1 Å². The van der Waals surface area contributed by atoms with Crippen LogP contribution < -0.4 is 16.1 Å². The minimum atomic E-state index is -1.45. The fourth-order valence-electron chi connectivity index (χ4n) is 3.44. The second kappa shape index (κ2) is 6.68. The molecule has 3 aromatic rings. The van der Waals surface area contributed by atoms with Crippen LogP contribution in [0.4, 0.5) is 14.5 Å². The highest BCUT2D eigenvalue weighted by molar-refractivity contribution is 5.94. The van der Waals surface area contributed by atoms with Gasteiger partial charge in [-0.1, -0.05) is 0 Å². The molecule has 1 aliphatic heterocycles. The molecule has 0 spiro atoms. The van der Waals surface area contributed by atoms with Crippen LogP contribution in [-0.4, -0.2) is 39.8 Å². The molecule has 7 nitrogen and oxygen atoms in total. The van der Waals surface area contributed by atoms with Crippen LogP contribution in [0, 0.1) is 11.6 Å². The zero-order chi connectivity index (χ0) is 20.0. The van der Waals surface area contributed by atoms with Crippen LogP contribution in [0.1, 0.15) is 16.8 Å². The molecule has 0 radical (unpaired) electrons. The summed E-state index contributed by atoms with van der Waals surface area (Å²) >= 11 is 0. The smallest absolute Gasteiger partial charge is 0.341 e. The first kappa shape index (κ1) is 18.1. The number of aromatic nitrogens is 2. The summed E-state index contributed by atoms with van der Waals surface area (Å²) in [7, 11) is 0. The van der Waals surface area contributed by atoms with Crippen molar-refractivity contribution in [1.82, 2.24) is 9.55 Å². The van der Waals surface area contributed by atoms with Gasteiger partial charge < -0.3 is 20.3 Å². The maximum Gasteiger partial charge on any atom is 0.341 e. The molecule has 4 rings (SSSR count). The van der Waals surface area contributed by atoms with Crippen molar-refractivity contribution in [1.29, 1.82) is 0 Å². The molecule has 1 fully saturated rings. The summed E-state index contributed by atoms with van der Waals surface area (Å²) in [5.41, 5.74) is 5.10. The van der Waals surface area contributed by atoms with Gasteiger partial charge >= 0.3 is 5.97 Å². The molecule has 0 bridgehead atoms. The molecule has 3 N–H and O–H groups in total. The summed E-state index contributed by atoms with van der Waals surface area (Å²) in [4.78, 5) is 29.8. The standard InChI is InChI=1S/C19H16F2N4O3/c20-10-1-2-17(23-7-10)25-9-13(19(27)28)18(26)12-5-14(21)16(6-15(12)25)24-4-3-11(22)8-24/h1-2,5-7,9,11H,3-4,8,22H2,(H,27,28)/t11-/m0/s1. The molecule has 1 aromatic carbocycles. The molecule has 0 amide bonds. The number of hydrogen-bond acceptors (Lipinski definition) is 5. The Morgan fingerprint density at radius 2 is 2.07 bits per heavy atom. The van der Waals surface area contributed by atoms with E-state index in [1.165, 1.54) is 16.7 Å². The molecule has 1 atom stereocenters. The highest BCUT2D eigenvalue weighted by atomic mass is 19.1. The SMILES string of the molecule is N[C@H]1CCN(c2cc3c(cc2F)c(=O)c(C(=O)O)cn3-c2ccc(F)cn2)C1. The minimum absolute atomic E-state index is 0.0783. The lowest BCUT2D eigenvalue weighted by molar-refractivity contribution is 0.0695. The molecule has 1 aliphatic rings. The molecule has 1 saturated heterocycles. The van der Waals surface area contributed by atoms with E-state index in [1.54, 1.807) is 4.90 Å². The predicted octanol–water partition coefficient (Wildman–Crippen LogP) is 1.90. The molecule has 2 aromatic heterocycles. The summed E-state index contributed by atoms with van der Waals surface area (Å²) in [6, 6.07) is 4.94. The molecule has 0 aliphatic carbocycles. The predicted molar refractivity (Wildman–Crippen MR) is 99.0 cm³/mol. The van der Waals surface area contributed by atoms with Crippen LogP contribution in [0.2, 0.25) is 0 Å². The molecule has 144 valence electrons. The molecule has 0 saturated carbocycles. The number of benzene rings is 1. The van der Waals surface area contributed by atoms with Crippen LogP contribution in [-0.2, 0) is 0 Å². The summed E-state index contributed by atoms with van der Waals surface area (Å²) in [6.45, 7) is 1.03. The topological polar surface area (TPSA) is 101 Å². The van der Waals surface area contributed by atoms with Gasteiger partial charge in [0, 0.05) is 25.3 Å². The van der Waals surface area contributed by atoms with Gasteiger partial charge in [0.1, 0.15) is 23.0 Å². The van der Waals surface area contributed by atoms with E-state index in [1.807, 2.05) is 0 Å². The van der Waals surface area contributed by atoms with E-state index < -0.39 is 28.6 Å². The zero-order valence-electron chi connectivity index (χ0n) is 14.6. The Balaban J connectivity index is 2.02. The lowest BCUT2D eigenvalue weighted by atomic mass is 10.1. The Morgan fingerprint density at radius 1 is 1.29 bits per heavy atom. The van der Waals surface area contributed by atoms with Crippen molar-refractivity contribution in [2.75, 3.05) is 18.0 Å². The number of anilines is 1. The second-order valence-corrected chi connectivity index (χ2v) is 6.70. The van der Waals surface area contributed by atoms with Crippen LogP contribution >= 0.6 is 0 Å². The summed E-state index contributed by atoms with van der Waals surface area (Å²) in [5, 5.41) is 9.26. The fraction of sp³-hybridized carbons (Fsp3) is 0.211. The molecule has 3 heterocycles. The number of nitrogens with zero attached hydrogens (tertiary/aromatic N) is 3. The van der Waals surface area contributed by atoms with Gasteiger partial charge in [0.05, 0.1) is 22.8 Å². The van der Waals surface area contributed by atoms with Crippen LogP contribution in [0.3, 0.4) is 0 Å². The maximum atomic E-state index is 14.8. The molecule has 9 heteroatoms. The summed E-state index contributed by atoms with van der Waals surface area (Å²) < 4.78 is 29.4. The Hall–Kier alpha value is -3.33. The fourth-order valence-corrected chi connectivity index (χ4v) is 3.44. The van der Waals surface area contributed by atoms with Gasteiger partial charge in [-0.15, -0.1) is 0 Å². The number of hydrogen-bond donors (Lipinski definition) is 2. The van der Waals surface area contributed by atoms with Gasteiger partial charge in [0.2, 0.25) is 5.43 Å². The number of carbonyl (C=O) groups is 1. The van der Waals surface area contributed by atoms with Gasteiger partial charge in [-0.3, -0.25) is 4.79 Å². The van der Waals surface area contributed by atoms with Gasteiger partial charge in [0.25, 0.3) is 0 Å². The largest absolute Gasteiger partial charge is 0.477 e. The van der Waals surface area contributed by atoms with E-state index in [4.69, 9.17) is 5.73 Å². The lowest BCUT2D eigenvalue weighted by Gasteiger charge is -2.20. The maximum absolute atomic E-state index is 14.8. The van der Waals surface area contributed by atoms with Crippen molar-refractivity contribution in [2.45, 2.75) is 12.5 Å². The number of rotatable bonds is 3. The minimum Gasteiger partial charge on any atom is -0.477 e. The quantitative estimate of drug-likeness (QED) is 0.713. The number of nitrogens with two attached hydrogens (primary N) is 1. The second-order valence-electron chi connectivity index (χ2n) is 6.70. The van der Waals surface area contributed by atoms with Gasteiger partial charge in [-0.25, -0.2) is 18.6 Å². The van der Waals surface area contributed by atoms with Crippen LogP contribution in [0.25, 0.3) is 16.7 Å². The van der Waals surface area contributed by atoms with E-state index in [2.05, 4.69) is 4.98 Å². The van der Waals surface area contributed by atoms with Crippen LogP contribution in [0.5, 0.6) is 0 Å². The van der Waals surface area contributed by atoms with Crippen molar-refractivity contribution < 1.29 is 18.7 Å². The highest BCUT2D eigenvalue weighted by Crippen LogP contribution is 2.28. The van der Waals surface area contributed by atoms with Crippen molar-refractivity contribution >= 4 is 22.6 Å². The molecule has 0 unspecified atom stereocenters. The Bertz CT molecular complexity index is 1140. The Labute approximate surface area is 157 Å².